The molecule has 0 radical (unpaired) electrons. The number of fused-ring (bicyclic) bond motifs is 3. The van der Waals surface area contributed by atoms with Crippen molar-refractivity contribution in [1.29, 1.82) is 0 Å². The number of aromatic nitrogens is 1. The fourth-order valence-electron chi connectivity index (χ4n) is 4.93. The summed E-state index contributed by atoms with van der Waals surface area (Å²) in [7, 11) is 0. The van der Waals surface area contributed by atoms with Crippen molar-refractivity contribution in [3.05, 3.63) is 70.4 Å². The number of amides is 1. The summed E-state index contributed by atoms with van der Waals surface area (Å²) in [5, 5.41) is 13.9. The van der Waals surface area contributed by atoms with E-state index in [4.69, 9.17) is 0 Å². The van der Waals surface area contributed by atoms with Crippen molar-refractivity contribution < 1.29 is 9.90 Å². The maximum atomic E-state index is 12.8. The van der Waals surface area contributed by atoms with Gasteiger partial charge in [0.1, 0.15) is 0 Å². The summed E-state index contributed by atoms with van der Waals surface area (Å²) in [5.41, 5.74) is 6.99. The summed E-state index contributed by atoms with van der Waals surface area (Å²) < 4.78 is 0. The molecule has 1 amide bonds. The van der Waals surface area contributed by atoms with E-state index in [1.807, 2.05) is 18.2 Å². The number of rotatable bonds is 5. The first kappa shape index (κ1) is 20.3. The Morgan fingerprint density at radius 3 is 2.58 bits per heavy atom. The van der Waals surface area contributed by atoms with Crippen molar-refractivity contribution in [2.24, 2.45) is 0 Å². The molecular formula is C26H31N3O2. The second-order valence-electron chi connectivity index (χ2n) is 9.06. The second-order valence-corrected chi connectivity index (χ2v) is 9.06. The largest absolute Gasteiger partial charge is 0.393 e. The SMILES string of the molecule is O=C(NCc1ccc(CN2CCC(O)CC2)cc1)c1ccc2[nH]c3c(c2c1)CCCC3. The molecule has 0 saturated carbocycles. The number of benzene rings is 2. The number of aliphatic hydroxyl groups excluding tert-OH is 1. The van der Waals surface area contributed by atoms with Gasteiger partial charge >= 0.3 is 0 Å². The molecule has 2 aromatic carbocycles. The zero-order chi connectivity index (χ0) is 21.2. The van der Waals surface area contributed by atoms with Crippen LogP contribution in [0.1, 0.15) is 58.4 Å². The van der Waals surface area contributed by atoms with Crippen molar-refractivity contribution in [2.45, 2.75) is 57.7 Å². The Morgan fingerprint density at radius 2 is 1.77 bits per heavy atom. The lowest BCUT2D eigenvalue weighted by molar-refractivity contribution is 0.0792. The van der Waals surface area contributed by atoms with Crippen LogP contribution in [0.4, 0.5) is 0 Å². The highest BCUT2D eigenvalue weighted by atomic mass is 16.3. The van der Waals surface area contributed by atoms with Gasteiger partial charge in [-0.3, -0.25) is 9.69 Å². The third-order valence-corrected chi connectivity index (χ3v) is 6.80. The van der Waals surface area contributed by atoms with E-state index in [0.29, 0.717) is 6.54 Å². The van der Waals surface area contributed by atoms with E-state index < -0.39 is 0 Å². The molecule has 31 heavy (non-hydrogen) atoms. The van der Waals surface area contributed by atoms with Crippen molar-refractivity contribution in [2.75, 3.05) is 13.1 Å². The lowest BCUT2D eigenvalue weighted by Crippen LogP contribution is -2.35. The van der Waals surface area contributed by atoms with E-state index in [-0.39, 0.29) is 12.0 Å². The number of nitrogens with zero attached hydrogens (tertiary/aromatic N) is 1. The van der Waals surface area contributed by atoms with Crippen LogP contribution in [-0.2, 0) is 25.9 Å². The van der Waals surface area contributed by atoms with Gasteiger partial charge in [0.2, 0.25) is 0 Å². The van der Waals surface area contributed by atoms with Gasteiger partial charge in [-0.15, -0.1) is 0 Å². The molecule has 5 nitrogen and oxygen atoms in total. The predicted molar refractivity (Wildman–Crippen MR) is 123 cm³/mol. The van der Waals surface area contributed by atoms with Crippen LogP contribution in [0.2, 0.25) is 0 Å². The number of H-pyrrole nitrogens is 1. The smallest absolute Gasteiger partial charge is 0.251 e. The van der Waals surface area contributed by atoms with Crippen LogP contribution >= 0.6 is 0 Å². The lowest BCUT2D eigenvalue weighted by atomic mass is 9.95. The van der Waals surface area contributed by atoms with Gasteiger partial charge in [0.05, 0.1) is 6.10 Å². The second kappa shape index (κ2) is 8.85. The third kappa shape index (κ3) is 4.53. The molecule has 162 valence electrons. The molecule has 2 aliphatic rings. The van der Waals surface area contributed by atoms with Gasteiger partial charge in [-0.1, -0.05) is 24.3 Å². The van der Waals surface area contributed by atoms with Gasteiger partial charge in [0.15, 0.2) is 0 Å². The standard InChI is InChI=1S/C26H31N3O2/c30-21-11-13-29(14-12-21)17-19-7-5-18(6-8-19)16-27-26(31)20-9-10-25-23(15-20)22-3-1-2-4-24(22)28-25/h5-10,15,21,28,30H,1-4,11-14,16-17H2,(H,27,31). The molecule has 0 bridgehead atoms. The minimum absolute atomic E-state index is 0.0244. The highest BCUT2D eigenvalue weighted by Gasteiger charge is 2.18. The Bertz CT molecular complexity index is 1060. The van der Waals surface area contributed by atoms with E-state index in [0.717, 1.165) is 62.0 Å². The van der Waals surface area contributed by atoms with Gasteiger partial charge in [-0.2, -0.15) is 0 Å². The summed E-state index contributed by atoms with van der Waals surface area (Å²) in [5.74, 6) is -0.0244. The number of hydrogen-bond donors (Lipinski definition) is 3. The Kier molecular flexibility index (Phi) is 5.79. The number of aryl methyl sites for hydroxylation is 2. The monoisotopic (exact) mass is 417 g/mol. The first-order chi connectivity index (χ1) is 15.2. The van der Waals surface area contributed by atoms with Gasteiger partial charge in [0, 0.05) is 48.3 Å². The van der Waals surface area contributed by atoms with Crippen LogP contribution < -0.4 is 5.32 Å². The maximum Gasteiger partial charge on any atom is 0.251 e. The van der Waals surface area contributed by atoms with E-state index >= 15 is 0 Å². The fourth-order valence-corrected chi connectivity index (χ4v) is 4.93. The van der Waals surface area contributed by atoms with Crippen LogP contribution in [0.15, 0.2) is 42.5 Å². The fraction of sp³-hybridized carbons (Fsp3) is 0.423. The molecule has 3 N–H and O–H groups in total. The number of carbonyl (C=O) groups is 1. The number of piperidine rings is 1. The number of likely N-dealkylation sites (tertiary alicyclic amines) is 1. The normalized spacial score (nSPS) is 17.6. The number of aliphatic hydroxyl groups is 1. The molecule has 1 aromatic heterocycles. The highest BCUT2D eigenvalue weighted by Crippen LogP contribution is 2.29. The van der Waals surface area contributed by atoms with Crippen molar-refractivity contribution in [3.63, 3.8) is 0 Å². The van der Waals surface area contributed by atoms with Crippen LogP contribution in [0.25, 0.3) is 10.9 Å². The molecule has 0 unspecified atom stereocenters. The van der Waals surface area contributed by atoms with E-state index in [2.05, 4.69) is 39.5 Å². The minimum atomic E-state index is -0.134. The summed E-state index contributed by atoms with van der Waals surface area (Å²) in [6.07, 6.45) is 6.28. The Hall–Kier alpha value is -2.63. The average molecular weight is 418 g/mol. The molecule has 1 aliphatic heterocycles. The number of aromatic amines is 1. The summed E-state index contributed by atoms with van der Waals surface area (Å²) in [6, 6.07) is 14.5. The predicted octanol–water partition coefficient (Wildman–Crippen LogP) is 3.93. The van der Waals surface area contributed by atoms with Crippen molar-refractivity contribution in [1.82, 2.24) is 15.2 Å². The van der Waals surface area contributed by atoms with Crippen LogP contribution in [0.3, 0.4) is 0 Å². The Morgan fingerprint density at radius 1 is 1.03 bits per heavy atom. The topological polar surface area (TPSA) is 68.4 Å². The van der Waals surface area contributed by atoms with E-state index in [1.165, 1.54) is 35.0 Å². The molecule has 1 saturated heterocycles. The number of hydrogen-bond acceptors (Lipinski definition) is 3. The summed E-state index contributed by atoms with van der Waals surface area (Å²) >= 11 is 0. The molecule has 2 heterocycles. The number of carbonyl (C=O) groups excluding carboxylic acids is 1. The quantitative estimate of drug-likeness (QED) is 0.589. The van der Waals surface area contributed by atoms with Gasteiger partial charge in [0.25, 0.3) is 5.91 Å². The molecule has 0 atom stereocenters. The van der Waals surface area contributed by atoms with Crippen molar-refractivity contribution >= 4 is 16.8 Å². The number of nitrogens with one attached hydrogen (secondary N) is 2. The van der Waals surface area contributed by atoms with Crippen LogP contribution in [0, 0.1) is 0 Å². The zero-order valence-corrected chi connectivity index (χ0v) is 18.0. The summed E-state index contributed by atoms with van der Waals surface area (Å²) in [6.45, 7) is 3.35. The van der Waals surface area contributed by atoms with Crippen molar-refractivity contribution in [3.8, 4) is 0 Å². The molecule has 5 heteroatoms. The Labute approximate surface area is 183 Å². The maximum absolute atomic E-state index is 12.8. The third-order valence-electron chi connectivity index (χ3n) is 6.80. The minimum Gasteiger partial charge on any atom is -0.393 e. The summed E-state index contributed by atoms with van der Waals surface area (Å²) in [4.78, 5) is 18.7. The molecule has 1 fully saturated rings. The van der Waals surface area contributed by atoms with E-state index in [1.54, 1.807) is 0 Å². The molecule has 5 rings (SSSR count). The van der Waals surface area contributed by atoms with Crippen LogP contribution in [0.5, 0.6) is 0 Å². The van der Waals surface area contributed by atoms with Crippen LogP contribution in [-0.4, -0.2) is 40.1 Å². The van der Waals surface area contributed by atoms with Gasteiger partial charge in [-0.05, 0) is 73.4 Å². The van der Waals surface area contributed by atoms with Gasteiger partial charge < -0.3 is 15.4 Å². The molecule has 0 spiro atoms. The van der Waals surface area contributed by atoms with Gasteiger partial charge in [-0.25, -0.2) is 0 Å². The Balaban J connectivity index is 1.19. The average Bonchev–Trinajstić information content (AvgIpc) is 3.18. The molecule has 3 aromatic rings. The lowest BCUT2D eigenvalue weighted by Gasteiger charge is -2.29. The van der Waals surface area contributed by atoms with E-state index in [9.17, 15) is 9.90 Å². The first-order valence-electron chi connectivity index (χ1n) is 11.6. The zero-order valence-electron chi connectivity index (χ0n) is 18.0. The molecule has 1 aliphatic carbocycles. The highest BCUT2D eigenvalue weighted by molar-refractivity contribution is 5.99. The first-order valence-corrected chi connectivity index (χ1v) is 11.6. The molecular weight excluding hydrogens is 386 g/mol.